The predicted octanol–water partition coefficient (Wildman–Crippen LogP) is 6.09. The Hall–Kier alpha value is -3.57. The number of ketones is 1. The smallest absolute Gasteiger partial charge is 0.263 e. The van der Waals surface area contributed by atoms with E-state index < -0.39 is 0 Å². The SMILES string of the molecule is Cc1ccc(C(=O)Cn2c(C)nc3scc(-c4ccc5ccccc5c4)c3c2=O)cc1C. The molecule has 0 unspecified atom stereocenters. The number of carbonyl (C=O) groups excluding carboxylic acids is 1. The number of nitrogens with zero attached hydrogens (tertiary/aromatic N) is 2. The molecule has 0 saturated heterocycles. The van der Waals surface area contributed by atoms with Gasteiger partial charge in [-0.3, -0.25) is 14.2 Å². The lowest BCUT2D eigenvalue weighted by atomic mass is 10.0. The van der Waals surface area contributed by atoms with E-state index in [-0.39, 0.29) is 17.9 Å². The number of Topliss-reactive ketones (excluding diaryl/α,β-unsaturated/α-hetero) is 1. The van der Waals surface area contributed by atoms with Crippen LogP contribution in [0, 0.1) is 20.8 Å². The standard InChI is InChI=1S/C27H22N2O2S/c1-16-8-9-22(12-17(16)2)24(30)14-29-18(3)28-26-25(27(29)31)23(15-32-26)21-11-10-19-6-4-5-7-20(19)13-21/h4-13,15H,14H2,1-3H3. The minimum atomic E-state index is -0.172. The highest BCUT2D eigenvalue weighted by atomic mass is 32.1. The Kier molecular flexibility index (Phi) is 4.98. The summed E-state index contributed by atoms with van der Waals surface area (Å²) in [6.07, 6.45) is 0. The van der Waals surface area contributed by atoms with Crippen LogP contribution in [0.4, 0.5) is 0 Å². The molecule has 0 aliphatic heterocycles. The second-order valence-electron chi connectivity index (χ2n) is 8.16. The van der Waals surface area contributed by atoms with E-state index in [9.17, 15) is 9.59 Å². The van der Waals surface area contributed by atoms with Crippen LogP contribution in [0.25, 0.3) is 32.1 Å². The first-order valence-electron chi connectivity index (χ1n) is 10.5. The van der Waals surface area contributed by atoms with E-state index in [4.69, 9.17) is 0 Å². The lowest BCUT2D eigenvalue weighted by Gasteiger charge is -2.11. The molecule has 0 bridgehead atoms. The molecule has 0 aliphatic carbocycles. The molecule has 0 aliphatic rings. The van der Waals surface area contributed by atoms with Gasteiger partial charge in [-0.15, -0.1) is 11.3 Å². The average molecular weight is 439 g/mol. The Morgan fingerprint density at radius 2 is 1.72 bits per heavy atom. The van der Waals surface area contributed by atoms with Crippen LogP contribution in [-0.2, 0) is 6.54 Å². The van der Waals surface area contributed by atoms with Crippen LogP contribution in [0.2, 0.25) is 0 Å². The van der Waals surface area contributed by atoms with Crippen molar-refractivity contribution in [2.24, 2.45) is 0 Å². The van der Waals surface area contributed by atoms with Gasteiger partial charge in [0.05, 0.1) is 11.9 Å². The summed E-state index contributed by atoms with van der Waals surface area (Å²) in [5, 5.41) is 4.83. The monoisotopic (exact) mass is 438 g/mol. The van der Waals surface area contributed by atoms with Gasteiger partial charge in [0.1, 0.15) is 10.7 Å². The van der Waals surface area contributed by atoms with Crippen LogP contribution in [-0.4, -0.2) is 15.3 Å². The maximum absolute atomic E-state index is 13.5. The van der Waals surface area contributed by atoms with E-state index >= 15 is 0 Å². The largest absolute Gasteiger partial charge is 0.292 e. The van der Waals surface area contributed by atoms with E-state index in [1.165, 1.54) is 15.9 Å². The van der Waals surface area contributed by atoms with Gasteiger partial charge in [-0.1, -0.05) is 48.5 Å². The first-order valence-corrected chi connectivity index (χ1v) is 11.4. The van der Waals surface area contributed by atoms with Crippen molar-refractivity contribution in [2.45, 2.75) is 27.3 Å². The maximum atomic E-state index is 13.5. The zero-order valence-corrected chi connectivity index (χ0v) is 19.0. The van der Waals surface area contributed by atoms with Gasteiger partial charge >= 0.3 is 0 Å². The van der Waals surface area contributed by atoms with Crippen molar-refractivity contribution in [1.29, 1.82) is 0 Å². The molecule has 0 spiro atoms. The highest BCUT2D eigenvalue weighted by Gasteiger charge is 2.18. The van der Waals surface area contributed by atoms with Crippen molar-refractivity contribution in [1.82, 2.24) is 9.55 Å². The van der Waals surface area contributed by atoms with E-state index in [0.29, 0.717) is 21.6 Å². The molecule has 5 heteroatoms. The highest BCUT2D eigenvalue weighted by Crippen LogP contribution is 2.32. The summed E-state index contributed by atoms with van der Waals surface area (Å²) in [5.74, 6) is 0.452. The molecule has 2 aromatic heterocycles. The molecule has 0 radical (unpaired) electrons. The number of carbonyl (C=O) groups is 1. The third-order valence-corrected chi connectivity index (χ3v) is 6.95. The van der Waals surface area contributed by atoms with Crippen LogP contribution in [0.15, 0.2) is 70.8 Å². The van der Waals surface area contributed by atoms with Crippen molar-refractivity contribution < 1.29 is 4.79 Å². The van der Waals surface area contributed by atoms with Gasteiger partial charge in [0, 0.05) is 16.5 Å². The lowest BCUT2D eigenvalue weighted by molar-refractivity contribution is 0.0969. The number of fused-ring (bicyclic) bond motifs is 2. The summed E-state index contributed by atoms with van der Waals surface area (Å²) in [5.41, 5.74) is 4.47. The van der Waals surface area contributed by atoms with Gasteiger partial charge < -0.3 is 0 Å². The second kappa shape index (κ2) is 7.84. The van der Waals surface area contributed by atoms with Gasteiger partial charge in [0.2, 0.25) is 0 Å². The molecule has 32 heavy (non-hydrogen) atoms. The topological polar surface area (TPSA) is 52.0 Å². The highest BCUT2D eigenvalue weighted by molar-refractivity contribution is 7.17. The summed E-state index contributed by atoms with van der Waals surface area (Å²) in [6, 6.07) is 20.0. The van der Waals surface area contributed by atoms with Gasteiger partial charge in [-0.25, -0.2) is 4.98 Å². The molecule has 0 fully saturated rings. The fourth-order valence-electron chi connectivity index (χ4n) is 4.03. The van der Waals surface area contributed by atoms with E-state index in [0.717, 1.165) is 33.0 Å². The summed E-state index contributed by atoms with van der Waals surface area (Å²) in [6.45, 7) is 5.76. The molecule has 0 atom stereocenters. The van der Waals surface area contributed by atoms with Crippen LogP contribution >= 0.6 is 11.3 Å². The number of rotatable bonds is 4. The van der Waals surface area contributed by atoms with Gasteiger partial charge in [0.15, 0.2) is 5.78 Å². The van der Waals surface area contributed by atoms with Crippen molar-refractivity contribution in [3.8, 4) is 11.1 Å². The minimum absolute atomic E-state index is 0.0247. The first kappa shape index (κ1) is 20.3. The second-order valence-corrected chi connectivity index (χ2v) is 9.02. The lowest BCUT2D eigenvalue weighted by Crippen LogP contribution is -2.27. The zero-order chi connectivity index (χ0) is 22.4. The van der Waals surface area contributed by atoms with Gasteiger partial charge in [0.25, 0.3) is 5.56 Å². The number of hydrogen-bond donors (Lipinski definition) is 0. The van der Waals surface area contributed by atoms with E-state index in [1.807, 2.05) is 55.6 Å². The molecule has 2 heterocycles. The van der Waals surface area contributed by atoms with E-state index in [1.54, 1.807) is 6.92 Å². The molecule has 5 aromatic rings. The van der Waals surface area contributed by atoms with Crippen LogP contribution < -0.4 is 5.56 Å². The molecular formula is C27H22N2O2S. The number of thiophene rings is 1. The molecule has 4 nitrogen and oxygen atoms in total. The molecule has 158 valence electrons. The van der Waals surface area contributed by atoms with Crippen LogP contribution in [0.5, 0.6) is 0 Å². The Morgan fingerprint density at radius 1 is 0.938 bits per heavy atom. The normalized spacial score (nSPS) is 11.3. The summed E-state index contributed by atoms with van der Waals surface area (Å²) >= 11 is 1.46. The minimum Gasteiger partial charge on any atom is -0.292 e. The summed E-state index contributed by atoms with van der Waals surface area (Å²) in [4.78, 5) is 31.9. The van der Waals surface area contributed by atoms with E-state index in [2.05, 4.69) is 29.2 Å². The Labute approximate surface area is 189 Å². The summed E-state index contributed by atoms with van der Waals surface area (Å²) in [7, 11) is 0. The van der Waals surface area contributed by atoms with Crippen LogP contribution in [0.3, 0.4) is 0 Å². The molecule has 3 aromatic carbocycles. The number of benzene rings is 3. The molecule has 0 saturated carbocycles. The fraction of sp³-hybridized carbons (Fsp3) is 0.148. The third-order valence-electron chi connectivity index (χ3n) is 6.08. The van der Waals surface area contributed by atoms with Crippen molar-refractivity contribution in [3.05, 3.63) is 98.9 Å². The molecule has 0 amide bonds. The van der Waals surface area contributed by atoms with Crippen molar-refractivity contribution in [2.75, 3.05) is 0 Å². The summed E-state index contributed by atoms with van der Waals surface area (Å²) < 4.78 is 1.50. The molecular weight excluding hydrogens is 416 g/mol. The third kappa shape index (κ3) is 3.45. The zero-order valence-electron chi connectivity index (χ0n) is 18.2. The number of aromatic nitrogens is 2. The fourth-order valence-corrected chi connectivity index (χ4v) is 5.01. The quantitative estimate of drug-likeness (QED) is 0.319. The maximum Gasteiger partial charge on any atom is 0.263 e. The average Bonchev–Trinajstić information content (AvgIpc) is 3.21. The Morgan fingerprint density at radius 3 is 2.50 bits per heavy atom. The number of aryl methyl sites for hydroxylation is 3. The predicted molar refractivity (Wildman–Crippen MR) is 132 cm³/mol. The van der Waals surface area contributed by atoms with Crippen LogP contribution in [0.1, 0.15) is 27.3 Å². The first-order chi connectivity index (χ1) is 15.4. The molecule has 5 rings (SSSR count). The van der Waals surface area contributed by atoms with Crippen molar-refractivity contribution >= 4 is 38.1 Å². The van der Waals surface area contributed by atoms with Gasteiger partial charge in [-0.05, 0) is 60.4 Å². The van der Waals surface area contributed by atoms with Gasteiger partial charge in [-0.2, -0.15) is 0 Å². The van der Waals surface area contributed by atoms with Crippen molar-refractivity contribution in [3.63, 3.8) is 0 Å². The Balaban J connectivity index is 1.61. The number of hydrogen-bond acceptors (Lipinski definition) is 4. The Bertz CT molecular complexity index is 1580. The molecule has 0 N–H and O–H groups in total.